The first-order valence-electron chi connectivity index (χ1n) is 16.8. The van der Waals surface area contributed by atoms with E-state index in [-0.39, 0.29) is 0 Å². The van der Waals surface area contributed by atoms with Crippen molar-refractivity contribution in [2.75, 3.05) is 0 Å². The van der Waals surface area contributed by atoms with Gasteiger partial charge in [-0.25, -0.2) is 0 Å². The largest absolute Gasteiger partial charge is 0.0622 e. The van der Waals surface area contributed by atoms with Crippen LogP contribution in [0.25, 0.3) is 109 Å². The van der Waals surface area contributed by atoms with Gasteiger partial charge in [-0.05, 0) is 146 Å². The molecule has 0 heterocycles. The lowest BCUT2D eigenvalue weighted by molar-refractivity contribution is 1.64. The minimum absolute atomic E-state index is 1.25. The van der Waals surface area contributed by atoms with Gasteiger partial charge in [0.05, 0.1) is 0 Å². The summed E-state index contributed by atoms with van der Waals surface area (Å²) in [4.78, 5) is 0. The molecule has 1 aliphatic carbocycles. The van der Waals surface area contributed by atoms with Gasteiger partial charge in [0.1, 0.15) is 0 Å². The van der Waals surface area contributed by atoms with Crippen LogP contribution in [0.1, 0.15) is 0 Å². The summed E-state index contributed by atoms with van der Waals surface area (Å²) in [7, 11) is 0. The molecule has 0 saturated heterocycles. The quantitative estimate of drug-likeness (QED) is 0.172. The van der Waals surface area contributed by atoms with Crippen molar-refractivity contribution in [3.8, 4) is 44.5 Å². The second-order valence-corrected chi connectivity index (χ2v) is 13.2. The first-order valence-corrected chi connectivity index (χ1v) is 16.8. The van der Waals surface area contributed by atoms with Crippen molar-refractivity contribution in [3.05, 3.63) is 170 Å². The molecule has 1 aliphatic rings. The highest BCUT2D eigenvalue weighted by atomic mass is 14.3. The number of rotatable bonds is 2. The van der Waals surface area contributed by atoms with Crippen molar-refractivity contribution < 1.29 is 0 Å². The van der Waals surface area contributed by atoms with E-state index in [1.165, 1.54) is 109 Å². The summed E-state index contributed by atoms with van der Waals surface area (Å²) in [6.45, 7) is 0. The fraction of sp³-hybridized carbons (Fsp3) is 0. The van der Waals surface area contributed by atoms with Crippen LogP contribution in [0, 0.1) is 0 Å². The van der Waals surface area contributed by atoms with Crippen LogP contribution in [0.3, 0.4) is 0 Å². The molecule has 0 aromatic heterocycles. The van der Waals surface area contributed by atoms with Crippen LogP contribution in [0.15, 0.2) is 170 Å². The van der Waals surface area contributed by atoms with E-state index in [0.29, 0.717) is 0 Å². The highest BCUT2D eigenvalue weighted by molar-refractivity contribution is 6.30. The maximum atomic E-state index is 2.48. The molecule has 220 valence electrons. The second kappa shape index (κ2) is 9.64. The summed E-state index contributed by atoms with van der Waals surface area (Å²) in [5.74, 6) is 0. The van der Waals surface area contributed by atoms with Gasteiger partial charge >= 0.3 is 0 Å². The first-order chi connectivity index (χ1) is 23.8. The predicted octanol–water partition coefficient (Wildman–Crippen LogP) is 13.6. The summed E-state index contributed by atoms with van der Waals surface area (Å²) in [6, 6.07) is 63.3. The van der Waals surface area contributed by atoms with E-state index in [1.807, 2.05) is 0 Å². The van der Waals surface area contributed by atoms with Gasteiger partial charge in [0.15, 0.2) is 0 Å². The minimum Gasteiger partial charge on any atom is -0.0622 e. The number of benzene rings is 10. The van der Waals surface area contributed by atoms with Crippen molar-refractivity contribution in [2.45, 2.75) is 0 Å². The lowest BCUT2D eigenvalue weighted by atomic mass is 9.86. The Morgan fingerprint density at radius 2 is 0.771 bits per heavy atom. The Bertz CT molecular complexity index is 2980. The lowest BCUT2D eigenvalue weighted by Gasteiger charge is -2.17. The van der Waals surface area contributed by atoms with Crippen LogP contribution in [0.4, 0.5) is 0 Å². The van der Waals surface area contributed by atoms with Crippen molar-refractivity contribution in [1.29, 1.82) is 0 Å². The Morgan fingerprint density at radius 1 is 0.208 bits per heavy atom. The van der Waals surface area contributed by atoms with Crippen LogP contribution in [-0.2, 0) is 0 Å². The molecule has 0 spiro atoms. The van der Waals surface area contributed by atoms with Gasteiger partial charge in [0.2, 0.25) is 0 Å². The third kappa shape index (κ3) is 3.55. The highest BCUT2D eigenvalue weighted by Gasteiger charge is 2.25. The van der Waals surface area contributed by atoms with Crippen molar-refractivity contribution >= 4 is 64.6 Å². The SMILES string of the molecule is c1ccc(-c2ccc3cc4c(cc3c2)-c2cc3c5ccccc5c(-c5cc6ccccc6c6ccccc56)cc3c3cccc-4c23)cc1. The van der Waals surface area contributed by atoms with Gasteiger partial charge in [0, 0.05) is 0 Å². The Kier molecular flexibility index (Phi) is 5.20. The zero-order chi connectivity index (χ0) is 31.3. The molecule has 0 unspecified atom stereocenters. The van der Waals surface area contributed by atoms with Gasteiger partial charge in [-0.1, -0.05) is 133 Å². The molecule has 10 aromatic rings. The van der Waals surface area contributed by atoms with Crippen LogP contribution < -0.4 is 0 Å². The fourth-order valence-corrected chi connectivity index (χ4v) is 8.55. The summed E-state index contributed by atoms with van der Waals surface area (Å²) >= 11 is 0. The van der Waals surface area contributed by atoms with Crippen LogP contribution in [0.2, 0.25) is 0 Å². The molecule has 0 bridgehead atoms. The van der Waals surface area contributed by atoms with Gasteiger partial charge in [-0.2, -0.15) is 0 Å². The molecular formula is C48H28. The average Bonchev–Trinajstić information content (AvgIpc) is 3.46. The molecule has 0 N–H and O–H groups in total. The van der Waals surface area contributed by atoms with Crippen molar-refractivity contribution in [3.63, 3.8) is 0 Å². The van der Waals surface area contributed by atoms with Gasteiger partial charge < -0.3 is 0 Å². The van der Waals surface area contributed by atoms with Crippen LogP contribution in [-0.4, -0.2) is 0 Å². The van der Waals surface area contributed by atoms with E-state index in [0.717, 1.165) is 0 Å². The smallest absolute Gasteiger partial charge is 0.00199 e. The Labute approximate surface area is 278 Å². The summed E-state index contributed by atoms with van der Waals surface area (Å²) in [6.07, 6.45) is 0. The predicted molar refractivity (Wildman–Crippen MR) is 207 cm³/mol. The summed E-state index contributed by atoms with van der Waals surface area (Å²) < 4.78 is 0. The number of hydrogen-bond donors (Lipinski definition) is 0. The standard InChI is InChI=1S/C48H28/c1-2-11-29(12-3-1)30-21-22-31-24-42-39-19-10-20-40-46-27-44(41-25-32-13-4-5-14-34(32)35-15-6-7-16-36(35)41)37-17-8-9-18-38(37)45(46)28-47(48(39)40)43(42)26-33(31)23-30/h1-28H. The molecular weight excluding hydrogens is 577 g/mol. The molecule has 0 atom stereocenters. The molecule has 0 aliphatic heterocycles. The molecule has 0 fully saturated rings. The maximum absolute atomic E-state index is 2.48. The molecule has 11 rings (SSSR count). The molecule has 0 saturated carbocycles. The zero-order valence-electron chi connectivity index (χ0n) is 26.2. The fourth-order valence-electron chi connectivity index (χ4n) is 8.55. The highest BCUT2D eigenvalue weighted by Crippen LogP contribution is 2.52. The third-order valence-electron chi connectivity index (χ3n) is 10.7. The lowest BCUT2D eigenvalue weighted by Crippen LogP contribution is -1.89. The zero-order valence-corrected chi connectivity index (χ0v) is 26.2. The topological polar surface area (TPSA) is 0 Å². The van der Waals surface area contributed by atoms with E-state index >= 15 is 0 Å². The molecule has 48 heavy (non-hydrogen) atoms. The molecule has 0 amide bonds. The van der Waals surface area contributed by atoms with Gasteiger partial charge in [-0.3, -0.25) is 0 Å². The molecule has 0 heteroatoms. The number of hydrogen-bond acceptors (Lipinski definition) is 0. The van der Waals surface area contributed by atoms with Gasteiger partial charge in [0.25, 0.3) is 0 Å². The Morgan fingerprint density at radius 3 is 1.58 bits per heavy atom. The maximum Gasteiger partial charge on any atom is -0.00199 e. The summed E-state index contributed by atoms with van der Waals surface area (Å²) in [5.41, 5.74) is 10.4. The Balaban J connectivity index is 1.22. The minimum atomic E-state index is 1.25. The number of fused-ring (bicyclic) bond motifs is 11. The van der Waals surface area contributed by atoms with Gasteiger partial charge in [-0.15, -0.1) is 0 Å². The van der Waals surface area contributed by atoms with E-state index in [4.69, 9.17) is 0 Å². The Hall–Kier alpha value is -6.24. The van der Waals surface area contributed by atoms with E-state index in [2.05, 4.69) is 170 Å². The second-order valence-electron chi connectivity index (χ2n) is 13.2. The molecule has 0 radical (unpaired) electrons. The monoisotopic (exact) mass is 604 g/mol. The normalized spacial score (nSPS) is 12.2. The third-order valence-corrected chi connectivity index (χ3v) is 10.7. The van der Waals surface area contributed by atoms with Crippen LogP contribution >= 0.6 is 0 Å². The average molecular weight is 605 g/mol. The van der Waals surface area contributed by atoms with E-state index < -0.39 is 0 Å². The van der Waals surface area contributed by atoms with Crippen LogP contribution in [0.5, 0.6) is 0 Å². The van der Waals surface area contributed by atoms with Crippen molar-refractivity contribution in [1.82, 2.24) is 0 Å². The molecule has 0 nitrogen and oxygen atoms in total. The van der Waals surface area contributed by atoms with E-state index in [9.17, 15) is 0 Å². The van der Waals surface area contributed by atoms with E-state index in [1.54, 1.807) is 0 Å². The summed E-state index contributed by atoms with van der Waals surface area (Å²) in [5, 5.41) is 15.6. The first kappa shape index (κ1) is 25.9. The molecule has 10 aromatic carbocycles. The van der Waals surface area contributed by atoms with Crippen molar-refractivity contribution in [2.24, 2.45) is 0 Å².